The minimum atomic E-state index is -4.25. The topological polar surface area (TPSA) is 15.3 Å². The average Bonchev–Trinajstić information content (AvgIpc) is 2.40. The molecular formula is C13H17Cl4F3N2. The predicted octanol–water partition coefficient (Wildman–Crippen LogP) is 4.74. The number of halogens is 7. The second kappa shape index (κ2) is 9.40. The maximum atomic E-state index is 12.9. The zero-order valence-electron chi connectivity index (χ0n) is 11.5. The molecule has 1 aromatic carbocycles. The number of hydrogen-bond acceptors (Lipinski definition) is 2. The molecule has 0 radical (unpaired) electrons. The molecule has 128 valence electrons. The van der Waals surface area contributed by atoms with E-state index in [2.05, 4.69) is 5.32 Å². The summed E-state index contributed by atoms with van der Waals surface area (Å²) in [4.78, 5) is 1.81. The Bertz CT molecular complexity index is 465. The summed E-state index contributed by atoms with van der Waals surface area (Å²) in [6.45, 7) is 2.46. The molecule has 0 amide bonds. The van der Waals surface area contributed by atoms with Gasteiger partial charge in [-0.3, -0.25) is 4.90 Å². The van der Waals surface area contributed by atoms with Crippen molar-refractivity contribution in [3.63, 3.8) is 0 Å². The number of nitrogens with one attached hydrogen (secondary N) is 1. The van der Waals surface area contributed by atoms with E-state index in [0.29, 0.717) is 31.7 Å². The SMILES string of the molecule is Cl.Cl.FC(F)(F)C[C@@H](c1cccc(Cl)c1Cl)N1CCNCC1. The fourth-order valence-corrected chi connectivity index (χ4v) is 2.86. The van der Waals surface area contributed by atoms with E-state index in [4.69, 9.17) is 23.2 Å². The number of benzene rings is 1. The van der Waals surface area contributed by atoms with Crippen molar-refractivity contribution in [2.24, 2.45) is 0 Å². The van der Waals surface area contributed by atoms with Crippen LogP contribution in [-0.2, 0) is 0 Å². The van der Waals surface area contributed by atoms with E-state index in [1.807, 2.05) is 4.90 Å². The van der Waals surface area contributed by atoms with Crippen LogP contribution in [-0.4, -0.2) is 37.3 Å². The van der Waals surface area contributed by atoms with Gasteiger partial charge in [0.05, 0.1) is 16.5 Å². The molecule has 1 fully saturated rings. The Morgan fingerprint density at radius 1 is 1.14 bits per heavy atom. The van der Waals surface area contributed by atoms with Gasteiger partial charge in [0, 0.05) is 32.2 Å². The van der Waals surface area contributed by atoms with Crippen molar-refractivity contribution in [3.05, 3.63) is 33.8 Å². The number of nitrogens with zero attached hydrogens (tertiary/aromatic N) is 1. The fourth-order valence-electron chi connectivity index (χ4n) is 2.43. The van der Waals surface area contributed by atoms with E-state index >= 15 is 0 Å². The number of alkyl halides is 3. The Hall–Kier alpha value is 0.0900. The maximum absolute atomic E-state index is 12.9. The third kappa shape index (κ3) is 5.95. The smallest absolute Gasteiger partial charge is 0.314 e. The Balaban J connectivity index is 0.00000220. The van der Waals surface area contributed by atoms with Gasteiger partial charge in [0.25, 0.3) is 0 Å². The van der Waals surface area contributed by atoms with Crippen LogP contribution in [0.2, 0.25) is 10.0 Å². The highest BCUT2D eigenvalue weighted by Gasteiger charge is 2.36. The summed E-state index contributed by atoms with van der Waals surface area (Å²) < 4.78 is 38.6. The maximum Gasteiger partial charge on any atom is 0.390 e. The third-order valence-electron chi connectivity index (χ3n) is 3.36. The minimum Gasteiger partial charge on any atom is -0.314 e. The van der Waals surface area contributed by atoms with Crippen LogP contribution >= 0.6 is 48.0 Å². The molecule has 2 nitrogen and oxygen atoms in total. The lowest BCUT2D eigenvalue weighted by atomic mass is 10.0. The van der Waals surface area contributed by atoms with Crippen LogP contribution in [0.4, 0.5) is 13.2 Å². The van der Waals surface area contributed by atoms with Crippen molar-refractivity contribution in [2.75, 3.05) is 26.2 Å². The first kappa shape index (κ1) is 22.1. The highest BCUT2D eigenvalue weighted by atomic mass is 35.5. The summed E-state index contributed by atoms with van der Waals surface area (Å²) in [6, 6.07) is 4.04. The second-order valence-corrected chi connectivity index (χ2v) is 5.55. The molecule has 1 atom stereocenters. The van der Waals surface area contributed by atoms with Gasteiger partial charge in [0.1, 0.15) is 0 Å². The van der Waals surface area contributed by atoms with Crippen molar-refractivity contribution < 1.29 is 13.2 Å². The summed E-state index contributed by atoms with van der Waals surface area (Å²) >= 11 is 12.0. The number of rotatable bonds is 3. The van der Waals surface area contributed by atoms with Crippen LogP contribution in [0.5, 0.6) is 0 Å². The molecule has 22 heavy (non-hydrogen) atoms. The summed E-state index contributed by atoms with van der Waals surface area (Å²) in [6.07, 6.45) is -5.17. The van der Waals surface area contributed by atoms with E-state index in [1.54, 1.807) is 18.2 Å². The van der Waals surface area contributed by atoms with Crippen molar-refractivity contribution >= 4 is 48.0 Å². The van der Waals surface area contributed by atoms with Gasteiger partial charge in [0.15, 0.2) is 0 Å². The molecule has 1 heterocycles. The van der Waals surface area contributed by atoms with Gasteiger partial charge in [-0.25, -0.2) is 0 Å². The van der Waals surface area contributed by atoms with E-state index in [0.717, 1.165) is 0 Å². The van der Waals surface area contributed by atoms with E-state index in [1.165, 1.54) is 0 Å². The van der Waals surface area contributed by atoms with Crippen LogP contribution in [0.1, 0.15) is 18.0 Å². The highest BCUT2D eigenvalue weighted by Crippen LogP contribution is 2.39. The van der Waals surface area contributed by atoms with Gasteiger partial charge in [-0.15, -0.1) is 24.8 Å². The highest BCUT2D eigenvalue weighted by molar-refractivity contribution is 6.42. The lowest BCUT2D eigenvalue weighted by Crippen LogP contribution is -2.46. The molecule has 0 saturated carbocycles. The molecule has 1 saturated heterocycles. The normalized spacial score (nSPS) is 17.3. The zero-order valence-corrected chi connectivity index (χ0v) is 14.6. The molecule has 2 rings (SSSR count). The fraction of sp³-hybridized carbons (Fsp3) is 0.538. The molecular weight excluding hydrogens is 383 g/mol. The molecule has 0 bridgehead atoms. The van der Waals surface area contributed by atoms with Gasteiger partial charge in [-0.1, -0.05) is 35.3 Å². The van der Waals surface area contributed by atoms with Gasteiger partial charge < -0.3 is 5.32 Å². The van der Waals surface area contributed by atoms with E-state index in [9.17, 15) is 13.2 Å². The number of hydrogen-bond donors (Lipinski definition) is 1. The molecule has 1 aromatic rings. The first-order valence-corrected chi connectivity index (χ1v) is 7.09. The minimum absolute atomic E-state index is 0. The monoisotopic (exact) mass is 398 g/mol. The molecule has 9 heteroatoms. The summed E-state index contributed by atoms with van der Waals surface area (Å²) in [7, 11) is 0. The Labute approximate surface area is 150 Å². The lowest BCUT2D eigenvalue weighted by molar-refractivity contribution is -0.148. The second-order valence-electron chi connectivity index (χ2n) is 4.76. The van der Waals surface area contributed by atoms with Gasteiger partial charge in [-0.05, 0) is 11.6 Å². The Kier molecular flexibility index (Phi) is 9.44. The molecule has 0 spiro atoms. The molecule has 0 aromatic heterocycles. The molecule has 1 aliphatic heterocycles. The summed E-state index contributed by atoms with van der Waals surface area (Å²) in [5.41, 5.74) is 0.443. The van der Waals surface area contributed by atoms with Crippen LogP contribution in [0.3, 0.4) is 0 Å². The first-order valence-electron chi connectivity index (χ1n) is 6.34. The van der Waals surface area contributed by atoms with Crippen LogP contribution in [0.15, 0.2) is 18.2 Å². The third-order valence-corrected chi connectivity index (χ3v) is 4.19. The van der Waals surface area contributed by atoms with Crippen molar-refractivity contribution in [2.45, 2.75) is 18.6 Å². The van der Waals surface area contributed by atoms with Gasteiger partial charge >= 0.3 is 6.18 Å². The van der Waals surface area contributed by atoms with Crippen LogP contribution < -0.4 is 5.32 Å². The van der Waals surface area contributed by atoms with Crippen molar-refractivity contribution in [1.29, 1.82) is 0 Å². The molecule has 1 N–H and O–H groups in total. The number of piperazine rings is 1. The molecule has 1 aliphatic rings. The standard InChI is InChI=1S/C13H15Cl2F3N2.2ClH/c14-10-3-1-2-9(12(10)15)11(8-13(16,17)18)20-6-4-19-5-7-20;;/h1-3,11,19H,4-8H2;2*1H/t11-;;/m0../s1. The van der Waals surface area contributed by atoms with Crippen LogP contribution in [0.25, 0.3) is 0 Å². The molecule has 0 aliphatic carbocycles. The van der Waals surface area contributed by atoms with E-state index in [-0.39, 0.29) is 34.9 Å². The Morgan fingerprint density at radius 3 is 2.27 bits per heavy atom. The zero-order chi connectivity index (χ0) is 14.8. The average molecular weight is 400 g/mol. The summed E-state index contributed by atoms with van der Waals surface area (Å²) in [5.74, 6) is 0. The van der Waals surface area contributed by atoms with Gasteiger partial charge in [-0.2, -0.15) is 13.2 Å². The van der Waals surface area contributed by atoms with E-state index < -0.39 is 18.6 Å². The lowest BCUT2D eigenvalue weighted by Gasteiger charge is -2.36. The molecule has 0 unspecified atom stereocenters. The largest absolute Gasteiger partial charge is 0.390 e. The van der Waals surface area contributed by atoms with Gasteiger partial charge in [0.2, 0.25) is 0 Å². The summed E-state index contributed by atoms with van der Waals surface area (Å²) in [5, 5.41) is 3.62. The van der Waals surface area contributed by atoms with Crippen molar-refractivity contribution in [3.8, 4) is 0 Å². The van der Waals surface area contributed by atoms with Crippen LogP contribution in [0, 0.1) is 0 Å². The first-order chi connectivity index (χ1) is 9.38. The quantitative estimate of drug-likeness (QED) is 0.789. The Morgan fingerprint density at radius 2 is 1.73 bits per heavy atom. The van der Waals surface area contributed by atoms with Crippen molar-refractivity contribution in [1.82, 2.24) is 10.2 Å². The predicted molar refractivity (Wildman–Crippen MR) is 88.8 cm³/mol.